The number of nitro benzene ring substituents is 1. The van der Waals surface area contributed by atoms with E-state index in [9.17, 15) is 10.1 Å². The number of ether oxygens (including phenoxy) is 1. The largest absolute Gasteiger partial charge is 0.483 e. The molecule has 0 spiro atoms. The Balaban J connectivity index is 2.83. The summed E-state index contributed by atoms with van der Waals surface area (Å²) in [7, 11) is 0. The van der Waals surface area contributed by atoms with Crippen molar-refractivity contribution < 1.29 is 9.66 Å². The zero-order chi connectivity index (χ0) is 10.6. The van der Waals surface area contributed by atoms with Crippen LogP contribution in [-0.2, 0) is 4.74 Å². The van der Waals surface area contributed by atoms with Gasteiger partial charge in [-0.1, -0.05) is 0 Å². The fourth-order valence-corrected chi connectivity index (χ4v) is 1.19. The summed E-state index contributed by atoms with van der Waals surface area (Å²) in [5, 5.41) is 10.7. The van der Waals surface area contributed by atoms with Crippen molar-refractivity contribution in [2.24, 2.45) is 0 Å². The van der Waals surface area contributed by atoms with E-state index < -0.39 is 4.92 Å². The Hall–Kier alpha value is -1.49. The van der Waals surface area contributed by atoms with Crippen LogP contribution >= 0.6 is 12.2 Å². The lowest BCUT2D eigenvalue weighted by Gasteiger charge is -2.03. The van der Waals surface area contributed by atoms with Gasteiger partial charge in [0.1, 0.15) is 0 Å². The van der Waals surface area contributed by atoms with Crippen LogP contribution in [0.15, 0.2) is 24.3 Å². The fourth-order valence-electron chi connectivity index (χ4n) is 0.934. The first-order valence-electron chi connectivity index (χ1n) is 4.06. The van der Waals surface area contributed by atoms with Gasteiger partial charge in [-0.3, -0.25) is 10.1 Å². The van der Waals surface area contributed by atoms with Crippen molar-refractivity contribution in [2.75, 3.05) is 6.61 Å². The van der Waals surface area contributed by atoms with Gasteiger partial charge in [0.25, 0.3) is 5.69 Å². The van der Waals surface area contributed by atoms with Crippen molar-refractivity contribution in [1.82, 2.24) is 0 Å². The smallest absolute Gasteiger partial charge is 0.269 e. The van der Waals surface area contributed by atoms with Gasteiger partial charge in [-0.25, -0.2) is 0 Å². The molecule has 0 aliphatic carbocycles. The molecule has 4 nitrogen and oxygen atoms in total. The van der Waals surface area contributed by atoms with Crippen LogP contribution in [0.2, 0.25) is 0 Å². The highest BCUT2D eigenvalue weighted by molar-refractivity contribution is 7.80. The second-order valence-electron chi connectivity index (χ2n) is 2.52. The molecule has 0 aliphatic heterocycles. The zero-order valence-electron chi connectivity index (χ0n) is 7.60. The van der Waals surface area contributed by atoms with Crippen molar-refractivity contribution in [1.29, 1.82) is 0 Å². The normalized spacial score (nSPS) is 9.50. The second-order valence-corrected chi connectivity index (χ2v) is 2.90. The minimum absolute atomic E-state index is 0.0491. The second kappa shape index (κ2) is 4.66. The fraction of sp³-hybridized carbons (Fsp3) is 0.222. The molecule has 1 aromatic rings. The maximum absolute atomic E-state index is 10.3. The number of nitrogens with zero attached hydrogens (tertiary/aromatic N) is 1. The molecule has 0 bridgehead atoms. The maximum Gasteiger partial charge on any atom is 0.269 e. The van der Waals surface area contributed by atoms with Crippen molar-refractivity contribution >= 4 is 23.0 Å². The minimum atomic E-state index is -0.451. The van der Waals surface area contributed by atoms with Crippen molar-refractivity contribution in [3.8, 4) is 0 Å². The van der Waals surface area contributed by atoms with E-state index >= 15 is 0 Å². The van der Waals surface area contributed by atoms with Crippen LogP contribution in [-0.4, -0.2) is 16.6 Å². The first-order chi connectivity index (χ1) is 6.65. The van der Waals surface area contributed by atoms with Crippen LogP contribution < -0.4 is 0 Å². The van der Waals surface area contributed by atoms with Gasteiger partial charge < -0.3 is 4.74 Å². The molecular formula is C9H9NO3S. The Labute approximate surface area is 86.7 Å². The molecule has 0 aromatic heterocycles. The van der Waals surface area contributed by atoms with E-state index in [0.29, 0.717) is 17.2 Å². The number of rotatable bonds is 3. The average molecular weight is 211 g/mol. The van der Waals surface area contributed by atoms with E-state index in [1.807, 2.05) is 6.92 Å². The number of hydrogen-bond donors (Lipinski definition) is 0. The van der Waals surface area contributed by atoms with Gasteiger partial charge in [-0.2, -0.15) is 0 Å². The molecule has 0 unspecified atom stereocenters. The summed E-state index contributed by atoms with van der Waals surface area (Å²) in [6, 6.07) is 5.97. The lowest BCUT2D eigenvalue weighted by Crippen LogP contribution is -2.02. The molecule has 0 fully saturated rings. The molecule has 14 heavy (non-hydrogen) atoms. The van der Waals surface area contributed by atoms with E-state index in [2.05, 4.69) is 0 Å². The Morgan fingerprint density at radius 2 is 2.07 bits per heavy atom. The van der Waals surface area contributed by atoms with E-state index in [1.165, 1.54) is 12.1 Å². The summed E-state index contributed by atoms with van der Waals surface area (Å²) in [5.41, 5.74) is 0.737. The third-order valence-electron chi connectivity index (χ3n) is 1.59. The summed E-state index contributed by atoms with van der Waals surface area (Å²) in [5.74, 6) is 0. The molecule has 1 rings (SSSR count). The molecule has 0 heterocycles. The minimum Gasteiger partial charge on any atom is -0.483 e. The first kappa shape index (κ1) is 10.6. The van der Waals surface area contributed by atoms with E-state index in [1.54, 1.807) is 12.1 Å². The van der Waals surface area contributed by atoms with Gasteiger partial charge in [-0.05, 0) is 31.3 Å². The highest BCUT2D eigenvalue weighted by atomic mass is 32.1. The van der Waals surface area contributed by atoms with Crippen LogP contribution in [0.4, 0.5) is 5.69 Å². The number of hydrogen-bond acceptors (Lipinski definition) is 4. The van der Waals surface area contributed by atoms with Gasteiger partial charge in [0.15, 0.2) is 5.05 Å². The quantitative estimate of drug-likeness (QED) is 0.437. The molecule has 1 aromatic carbocycles. The molecular weight excluding hydrogens is 202 g/mol. The summed E-state index contributed by atoms with van der Waals surface area (Å²) < 4.78 is 5.09. The molecule has 74 valence electrons. The average Bonchev–Trinajstić information content (AvgIpc) is 2.18. The highest BCUT2D eigenvalue weighted by Crippen LogP contribution is 2.12. The van der Waals surface area contributed by atoms with Gasteiger partial charge in [-0.15, -0.1) is 0 Å². The van der Waals surface area contributed by atoms with Crippen LogP contribution in [0.25, 0.3) is 0 Å². The molecule has 0 saturated heterocycles. The van der Waals surface area contributed by atoms with E-state index in [0.717, 1.165) is 0 Å². The maximum atomic E-state index is 10.3. The molecule has 0 N–H and O–H groups in total. The molecule has 0 saturated carbocycles. The molecule has 0 amide bonds. The number of thiocarbonyl (C=S) groups is 1. The number of benzene rings is 1. The third-order valence-corrected chi connectivity index (χ3v) is 1.94. The topological polar surface area (TPSA) is 52.4 Å². The summed E-state index contributed by atoms with van der Waals surface area (Å²) in [6.07, 6.45) is 0. The Kier molecular flexibility index (Phi) is 3.53. The highest BCUT2D eigenvalue weighted by Gasteiger charge is 2.06. The monoisotopic (exact) mass is 211 g/mol. The predicted molar refractivity (Wildman–Crippen MR) is 56.4 cm³/mol. The van der Waals surface area contributed by atoms with Gasteiger partial charge >= 0.3 is 0 Å². The molecule has 0 radical (unpaired) electrons. The van der Waals surface area contributed by atoms with Gasteiger partial charge in [0, 0.05) is 17.7 Å². The number of nitro groups is 1. The standard InChI is InChI=1S/C9H9NO3S/c1-2-13-9(14)7-3-5-8(6-4-7)10(11)12/h3-6H,2H2,1H3. The SMILES string of the molecule is CCOC(=S)c1ccc([N+](=O)[O-])cc1. The van der Waals surface area contributed by atoms with Gasteiger partial charge in [0.05, 0.1) is 11.5 Å². The van der Waals surface area contributed by atoms with Crippen LogP contribution in [0.5, 0.6) is 0 Å². The van der Waals surface area contributed by atoms with E-state index in [4.69, 9.17) is 17.0 Å². The molecule has 0 atom stereocenters. The third kappa shape index (κ3) is 2.50. The first-order valence-corrected chi connectivity index (χ1v) is 4.47. The van der Waals surface area contributed by atoms with Crippen molar-refractivity contribution in [3.63, 3.8) is 0 Å². The van der Waals surface area contributed by atoms with Crippen LogP contribution in [0, 0.1) is 10.1 Å². The lowest BCUT2D eigenvalue weighted by atomic mass is 10.2. The lowest BCUT2D eigenvalue weighted by molar-refractivity contribution is -0.384. The van der Waals surface area contributed by atoms with Crippen LogP contribution in [0.1, 0.15) is 12.5 Å². The predicted octanol–water partition coefficient (Wildman–Crippen LogP) is 2.31. The zero-order valence-corrected chi connectivity index (χ0v) is 8.41. The summed E-state index contributed by atoms with van der Waals surface area (Å²) in [6.45, 7) is 2.33. The van der Waals surface area contributed by atoms with Gasteiger partial charge in [0.2, 0.25) is 0 Å². The Bertz CT molecular complexity index is 348. The Morgan fingerprint density at radius 3 is 2.50 bits per heavy atom. The van der Waals surface area contributed by atoms with Crippen molar-refractivity contribution in [3.05, 3.63) is 39.9 Å². The summed E-state index contributed by atoms with van der Waals surface area (Å²) >= 11 is 4.94. The van der Waals surface area contributed by atoms with E-state index in [-0.39, 0.29) is 5.69 Å². The Morgan fingerprint density at radius 1 is 1.50 bits per heavy atom. The van der Waals surface area contributed by atoms with Crippen molar-refractivity contribution in [2.45, 2.75) is 6.92 Å². The summed E-state index contributed by atoms with van der Waals surface area (Å²) in [4.78, 5) is 9.90. The molecule has 5 heteroatoms. The van der Waals surface area contributed by atoms with Crippen LogP contribution in [0.3, 0.4) is 0 Å². The molecule has 0 aliphatic rings. The number of non-ortho nitro benzene ring substituents is 1.